The van der Waals surface area contributed by atoms with Gasteiger partial charge in [-0.2, -0.15) is 14.9 Å². The van der Waals surface area contributed by atoms with Gasteiger partial charge in [-0.1, -0.05) is 6.07 Å². The van der Waals surface area contributed by atoms with E-state index in [0.717, 1.165) is 41.7 Å². The second kappa shape index (κ2) is 8.20. The van der Waals surface area contributed by atoms with Gasteiger partial charge in [-0.15, -0.1) is 0 Å². The summed E-state index contributed by atoms with van der Waals surface area (Å²) in [5.74, 6) is 1.28. The fraction of sp³-hybridized carbons (Fsp3) is 0.286. The van der Waals surface area contributed by atoms with Gasteiger partial charge in [-0.3, -0.25) is 4.79 Å². The molecule has 5 rings (SSSR count). The smallest absolute Gasteiger partial charge is 0.262 e. The van der Waals surface area contributed by atoms with E-state index in [1.54, 1.807) is 27.8 Å². The lowest BCUT2D eigenvalue weighted by atomic mass is 9.95. The van der Waals surface area contributed by atoms with E-state index in [1.165, 1.54) is 6.20 Å². The van der Waals surface area contributed by atoms with Gasteiger partial charge in [0.25, 0.3) is 5.91 Å². The van der Waals surface area contributed by atoms with Crippen LogP contribution in [0.5, 0.6) is 0 Å². The van der Waals surface area contributed by atoms with Crippen LogP contribution >= 0.6 is 15.9 Å². The maximum absolute atomic E-state index is 13.1. The van der Waals surface area contributed by atoms with Crippen LogP contribution in [0.4, 0.5) is 5.82 Å². The monoisotopic (exact) mass is 480 g/mol. The van der Waals surface area contributed by atoms with E-state index in [1.807, 2.05) is 25.1 Å². The number of aromatic nitrogens is 6. The third-order valence-electron chi connectivity index (χ3n) is 5.41. The maximum atomic E-state index is 13.1. The minimum atomic E-state index is -0.296. The predicted octanol–water partition coefficient (Wildman–Crippen LogP) is 3.10. The van der Waals surface area contributed by atoms with Gasteiger partial charge in [0.2, 0.25) is 0 Å². The molecule has 0 atom stereocenters. The van der Waals surface area contributed by atoms with Crippen LogP contribution in [0.25, 0.3) is 11.5 Å². The highest BCUT2D eigenvalue weighted by atomic mass is 79.9. The molecule has 2 N–H and O–H groups in total. The van der Waals surface area contributed by atoms with Crippen LogP contribution in [0.3, 0.4) is 0 Å². The van der Waals surface area contributed by atoms with Crippen molar-refractivity contribution < 1.29 is 4.79 Å². The summed E-state index contributed by atoms with van der Waals surface area (Å²) in [6, 6.07) is 5.83. The highest BCUT2D eigenvalue weighted by Crippen LogP contribution is 2.28. The second-order valence-corrected chi connectivity index (χ2v) is 8.55. The molecule has 1 amide bonds. The van der Waals surface area contributed by atoms with Crippen molar-refractivity contribution in [1.29, 1.82) is 0 Å². The number of rotatable bonds is 4. The lowest BCUT2D eigenvalue weighted by molar-refractivity contribution is 0.102. The Balaban J connectivity index is 1.51. The summed E-state index contributed by atoms with van der Waals surface area (Å²) in [5, 5.41) is 15.4. The molecule has 1 aliphatic heterocycles. The van der Waals surface area contributed by atoms with Gasteiger partial charge in [0.05, 0.1) is 16.4 Å². The highest BCUT2D eigenvalue weighted by molar-refractivity contribution is 9.10. The molecule has 10 heteroatoms. The van der Waals surface area contributed by atoms with Crippen LogP contribution in [0.15, 0.2) is 47.5 Å². The van der Waals surface area contributed by atoms with E-state index in [9.17, 15) is 4.79 Å². The molecule has 31 heavy (non-hydrogen) atoms. The molecular formula is C21H21BrN8O. The fourth-order valence-electron chi connectivity index (χ4n) is 3.76. The van der Waals surface area contributed by atoms with E-state index < -0.39 is 0 Å². The van der Waals surface area contributed by atoms with Crippen LogP contribution in [0.2, 0.25) is 0 Å². The third kappa shape index (κ3) is 3.96. The molecule has 1 aliphatic rings. The Bertz CT molecular complexity index is 1240. The van der Waals surface area contributed by atoms with Gasteiger partial charge in [-0.25, -0.2) is 14.5 Å². The molecule has 0 radical (unpaired) electrons. The molecule has 0 bridgehead atoms. The number of anilines is 1. The number of carbonyl (C=O) groups excluding carboxylic acids is 1. The number of piperidine rings is 1. The fourth-order valence-corrected chi connectivity index (χ4v) is 4.06. The molecule has 4 aromatic rings. The number of carbonyl (C=O) groups is 1. The number of nitrogens with zero attached hydrogens (tertiary/aromatic N) is 6. The molecule has 0 aliphatic carbocycles. The molecule has 0 unspecified atom stereocenters. The van der Waals surface area contributed by atoms with Crippen molar-refractivity contribution in [3.05, 3.63) is 64.3 Å². The molecule has 0 saturated carbocycles. The summed E-state index contributed by atoms with van der Waals surface area (Å²) >= 11 is 3.37. The Morgan fingerprint density at radius 2 is 2.03 bits per heavy atom. The van der Waals surface area contributed by atoms with Gasteiger partial charge in [0.1, 0.15) is 11.4 Å². The number of hydrogen-bond acceptors (Lipinski definition) is 6. The Hall–Kier alpha value is -3.11. The summed E-state index contributed by atoms with van der Waals surface area (Å²) in [5.41, 5.74) is 2.89. The van der Waals surface area contributed by atoms with Crippen LogP contribution in [0, 0.1) is 6.92 Å². The first kappa shape index (κ1) is 19.8. The number of amides is 1. The van der Waals surface area contributed by atoms with E-state index >= 15 is 0 Å². The number of fused-ring (bicyclic) bond motifs is 1. The number of hydrogen-bond donors (Lipinski definition) is 2. The van der Waals surface area contributed by atoms with Crippen molar-refractivity contribution in [3.63, 3.8) is 0 Å². The van der Waals surface area contributed by atoms with Gasteiger partial charge >= 0.3 is 0 Å². The zero-order valence-electron chi connectivity index (χ0n) is 16.9. The highest BCUT2D eigenvalue weighted by Gasteiger charge is 2.23. The van der Waals surface area contributed by atoms with Crippen molar-refractivity contribution in [1.82, 2.24) is 34.7 Å². The maximum Gasteiger partial charge on any atom is 0.262 e. The minimum absolute atomic E-state index is 0.296. The normalized spacial score (nSPS) is 14.8. The quantitative estimate of drug-likeness (QED) is 0.465. The summed E-state index contributed by atoms with van der Waals surface area (Å²) in [4.78, 5) is 21.9. The summed E-state index contributed by atoms with van der Waals surface area (Å²) < 4.78 is 4.05. The molecule has 158 valence electrons. The Labute approximate surface area is 187 Å². The SMILES string of the molecule is Cc1ccc(-n2nc(C3CCNCC3)cc2NC(=O)c2cnn3cc(Br)cnc23)nc1. The average molecular weight is 481 g/mol. The van der Waals surface area contributed by atoms with Crippen LogP contribution in [-0.4, -0.2) is 48.4 Å². The largest absolute Gasteiger partial charge is 0.317 e. The molecule has 0 aromatic carbocycles. The Morgan fingerprint density at radius 3 is 2.81 bits per heavy atom. The third-order valence-corrected chi connectivity index (χ3v) is 5.82. The van der Waals surface area contributed by atoms with Crippen LogP contribution in [0.1, 0.15) is 40.4 Å². The van der Waals surface area contributed by atoms with Crippen molar-refractivity contribution in [2.24, 2.45) is 0 Å². The van der Waals surface area contributed by atoms with Gasteiger partial charge in [0.15, 0.2) is 11.5 Å². The summed E-state index contributed by atoms with van der Waals surface area (Å²) in [7, 11) is 0. The van der Waals surface area contributed by atoms with Crippen molar-refractivity contribution >= 4 is 33.3 Å². The average Bonchev–Trinajstić information content (AvgIpc) is 3.39. The number of halogens is 1. The molecule has 1 saturated heterocycles. The lowest BCUT2D eigenvalue weighted by Crippen LogP contribution is -2.26. The van der Waals surface area contributed by atoms with E-state index in [-0.39, 0.29) is 5.91 Å². The molecule has 1 fully saturated rings. The summed E-state index contributed by atoms with van der Waals surface area (Å²) in [6.07, 6.45) is 8.73. The van der Waals surface area contributed by atoms with Crippen molar-refractivity contribution in [3.8, 4) is 5.82 Å². The van der Waals surface area contributed by atoms with Crippen LogP contribution in [-0.2, 0) is 0 Å². The molecule has 5 heterocycles. The number of aryl methyl sites for hydroxylation is 1. The second-order valence-electron chi connectivity index (χ2n) is 7.64. The van der Waals surface area contributed by atoms with Gasteiger partial charge < -0.3 is 10.6 Å². The number of pyridine rings is 1. The first-order valence-electron chi connectivity index (χ1n) is 10.1. The zero-order valence-corrected chi connectivity index (χ0v) is 18.5. The number of nitrogens with one attached hydrogen (secondary N) is 2. The lowest BCUT2D eigenvalue weighted by Gasteiger charge is -2.20. The van der Waals surface area contributed by atoms with E-state index in [4.69, 9.17) is 5.10 Å². The van der Waals surface area contributed by atoms with Crippen molar-refractivity contribution in [2.75, 3.05) is 18.4 Å². The predicted molar refractivity (Wildman–Crippen MR) is 120 cm³/mol. The first-order chi connectivity index (χ1) is 15.1. The zero-order chi connectivity index (χ0) is 21.4. The molecular weight excluding hydrogens is 460 g/mol. The Morgan fingerprint density at radius 1 is 1.19 bits per heavy atom. The first-order valence-corrected chi connectivity index (χ1v) is 10.9. The van der Waals surface area contributed by atoms with Gasteiger partial charge in [-0.05, 0) is 60.4 Å². The van der Waals surface area contributed by atoms with Crippen molar-refractivity contribution in [2.45, 2.75) is 25.7 Å². The Kier molecular flexibility index (Phi) is 5.24. The standard InChI is InChI=1S/C21H21BrN8O/c1-13-2-3-18(24-9-13)30-19(8-17(28-30)14-4-6-23-7-5-14)27-21(31)16-11-26-29-12-15(22)10-25-20(16)29/h2-3,8-12,14,23H,4-7H2,1H3,(H,27,31). The topological polar surface area (TPSA) is 102 Å². The molecule has 9 nitrogen and oxygen atoms in total. The molecule has 0 spiro atoms. The summed E-state index contributed by atoms with van der Waals surface area (Å²) in [6.45, 7) is 3.91. The molecule has 4 aromatic heterocycles. The van der Waals surface area contributed by atoms with Crippen LogP contribution < -0.4 is 10.6 Å². The van der Waals surface area contributed by atoms with E-state index in [0.29, 0.717) is 28.8 Å². The minimum Gasteiger partial charge on any atom is -0.317 e. The van der Waals surface area contributed by atoms with E-state index in [2.05, 4.69) is 41.6 Å². The van der Waals surface area contributed by atoms with Gasteiger partial charge in [0, 0.05) is 30.6 Å².